The molecule has 0 atom stereocenters. The quantitative estimate of drug-likeness (QED) is 0.803. The fourth-order valence-electron chi connectivity index (χ4n) is 3.61. The van der Waals surface area contributed by atoms with Gasteiger partial charge in [0.1, 0.15) is 11.6 Å². The lowest BCUT2D eigenvalue weighted by Crippen LogP contribution is -2.28. The summed E-state index contributed by atoms with van der Waals surface area (Å²) in [6.07, 6.45) is -0.737. The highest BCUT2D eigenvalue weighted by Gasteiger charge is 2.31. The van der Waals surface area contributed by atoms with E-state index in [9.17, 15) is 13.2 Å². The van der Waals surface area contributed by atoms with Gasteiger partial charge >= 0.3 is 6.18 Å². The number of hydrogen-bond donors (Lipinski definition) is 1. The van der Waals surface area contributed by atoms with Crippen LogP contribution in [0.15, 0.2) is 24.4 Å². The van der Waals surface area contributed by atoms with E-state index in [0.717, 1.165) is 49.8 Å². The third kappa shape index (κ3) is 5.17. The summed E-state index contributed by atoms with van der Waals surface area (Å²) in [6, 6.07) is 3.73. The molecule has 2 aromatic heterocycles. The third-order valence-electron chi connectivity index (χ3n) is 5.22. The van der Waals surface area contributed by atoms with Gasteiger partial charge in [-0.15, -0.1) is 0 Å². The van der Waals surface area contributed by atoms with E-state index < -0.39 is 11.7 Å². The molecule has 1 N–H and O–H groups in total. The smallest absolute Gasteiger partial charge is 0.381 e. The van der Waals surface area contributed by atoms with Crippen LogP contribution in [0.5, 0.6) is 0 Å². The molecular formula is C20H24F3N5O2. The number of anilines is 3. The van der Waals surface area contributed by atoms with Crippen molar-refractivity contribution >= 4 is 17.6 Å². The summed E-state index contributed by atoms with van der Waals surface area (Å²) in [5.74, 6) is 1.29. The zero-order chi connectivity index (χ0) is 21.0. The number of nitrogens with zero attached hydrogens (tertiary/aromatic N) is 4. The fourth-order valence-corrected chi connectivity index (χ4v) is 3.61. The van der Waals surface area contributed by atoms with Gasteiger partial charge in [-0.1, -0.05) is 0 Å². The third-order valence-corrected chi connectivity index (χ3v) is 5.22. The second kappa shape index (κ2) is 9.13. The van der Waals surface area contributed by atoms with Crippen LogP contribution in [-0.2, 0) is 15.7 Å². The number of alkyl halides is 3. The van der Waals surface area contributed by atoms with Crippen molar-refractivity contribution in [1.82, 2.24) is 15.0 Å². The van der Waals surface area contributed by atoms with E-state index in [0.29, 0.717) is 44.7 Å². The number of aromatic nitrogens is 3. The van der Waals surface area contributed by atoms with E-state index in [4.69, 9.17) is 14.5 Å². The minimum atomic E-state index is -4.44. The molecule has 2 fully saturated rings. The SMILES string of the molecule is FC(F)(F)c1ccnc(Nc2cc(C3CCOCC3)nc(N3CCCOCC3)n2)c1. The topological polar surface area (TPSA) is 72.4 Å². The van der Waals surface area contributed by atoms with Crippen molar-refractivity contribution < 1.29 is 22.6 Å². The van der Waals surface area contributed by atoms with Crippen molar-refractivity contribution in [2.24, 2.45) is 0 Å². The number of ether oxygens (including phenoxy) is 2. The van der Waals surface area contributed by atoms with Crippen LogP contribution in [0.4, 0.5) is 30.8 Å². The fraction of sp³-hybridized carbons (Fsp3) is 0.550. The number of hydrogen-bond acceptors (Lipinski definition) is 7. The zero-order valence-electron chi connectivity index (χ0n) is 16.5. The summed E-state index contributed by atoms with van der Waals surface area (Å²) >= 11 is 0. The number of rotatable bonds is 4. The Kier molecular flexibility index (Phi) is 6.33. The Labute approximate surface area is 172 Å². The van der Waals surface area contributed by atoms with Crippen LogP contribution >= 0.6 is 0 Å². The summed E-state index contributed by atoms with van der Waals surface area (Å²) < 4.78 is 50.1. The molecule has 2 saturated heterocycles. The first kappa shape index (κ1) is 20.8. The lowest BCUT2D eigenvalue weighted by Gasteiger charge is -2.25. The van der Waals surface area contributed by atoms with Crippen LogP contribution in [0.25, 0.3) is 0 Å². The van der Waals surface area contributed by atoms with E-state index in [1.165, 1.54) is 0 Å². The molecule has 0 aliphatic carbocycles. The second-order valence-electron chi connectivity index (χ2n) is 7.37. The van der Waals surface area contributed by atoms with Gasteiger partial charge in [0, 0.05) is 51.1 Å². The lowest BCUT2D eigenvalue weighted by atomic mass is 9.96. The monoisotopic (exact) mass is 423 g/mol. The highest BCUT2D eigenvalue weighted by atomic mass is 19.4. The van der Waals surface area contributed by atoms with Crippen molar-refractivity contribution in [3.05, 3.63) is 35.7 Å². The van der Waals surface area contributed by atoms with Crippen LogP contribution in [-0.4, -0.2) is 54.5 Å². The number of pyridine rings is 1. The Morgan fingerprint density at radius 2 is 1.77 bits per heavy atom. The van der Waals surface area contributed by atoms with Crippen LogP contribution in [0, 0.1) is 0 Å². The van der Waals surface area contributed by atoms with Gasteiger partial charge in [0.25, 0.3) is 0 Å². The van der Waals surface area contributed by atoms with Gasteiger partial charge in [0.2, 0.25) is 5.95 Å². The molecule has 4 rings (SSSR count). The molecule has 0 aromatic carbocycles. The maximum Gasteiger partial charge on any atom is 0.416 e. The van der Waals surface area contributed by atoms with Gasteiger partial charge < -0.3 is 19.7 Å². The van der Waals surface area contributed by atoms with E-state index in [2.05, 4.69) is 20.2 Å². The predicted molar refractivity (Wildman–Crippen MR) is 105 cm³/mol. The van der Waals surface area contributed by atoms with Crippen molar-refractivity contribution in [2.75, 3.05) is 49.7 Å². The largest absolute Gasteiger partial charge is 0.416 e. The van der Waals surface area contributed by atoms with Crippen molar-refractivity contribution in [1.29, 1.82) is 0 Å². The minimum absolute atomic E-state index is 0.0894. The highest BCUT2D eigenvalue weighted by Crippen LogP contribution is 2.32. The van der Waals surface area contributed by atoms with E-state index in [-0.39, 0.29) is 11.7 Å². The average Bonchev–Trinajstić information content (AvgIpc) is 3.03. The standard InChI is InChI=1S/C20H24F3N5O2/c21-20(22,23)15-2-5-24-17(12-15)26-18-13-16(14-3-9-30-10-4-14)25-19(27-18)28-6-1-8-29-11-7-28/h2,5,12-14H,1,3-4,6-11H2,(H,24,25,26,27). The molecule has 0 radical (unpaired) electrons. The van der Waals surface area contributed by atoms with Gasteiger partial charge in [0.15, 0.2) is 0 Å². The summed E-state index contributed by atoms with van der Waals surface area (Å²) in [5.41, 5.74) is 0.103. The van der Waals surface area contributed by atoms with Crippen LogP contribution in [0.1, 0.15) is 36.4 Å². The second-order valence-corrected chi connectivity index (χ2v) is 7.37. The van der Waals surface area contributed by atoms with Gasteiger partial charge in [-0.25, -0.2) is 9.97 Å². The molecule has 7 nitrogen and oxygen atoms in total. The zero-order valence-corrected chi connectivity index (χ0v) is 16.5. The summed E-state index contributed by atoms with van der Waals surface area (Å²) in [6.45, 7) is 4.04. The van der Waals surface area contributed by atoms with Crippen molar-refractivity contribution in [3.63, 3.8) is 0 Å². The molecule has 0 unspecified atom stereocenters. The molecular weight excluding hydrogens is 399 g/mol. The van der Waals surface area contributed by atoms with Crippen molar-refractivity contribution in [2.45, 2.75) is 31.4 Å². The van der Waals surface area contributed by atoms with Crippen LogP contribution < -0.4 is 10.2 Å². The van der Waals surface area contributed by atoms with Crippen molar-refractivity contribution in [3.8, 4) is 0 Å². The molecule has 2 aliphatic rings. The molecule has 0 saturated carbocycles. The highest BCUT2D eigenvalue weighted by molar-refractivity contribution is 5.55. The molecule has 0 spiro atoms. The van der Waals surface area contributed by atoms with E-state index >= 15 is 0 Å². The first-order valence-electron chi connectivity index (χ1n) is 10.1. The van der Waals surface area contributed by atoms with Crippen LogP contribution in [0.2, 0.25) is 0 Å². The van der Waals surface area contributed by atoms with Gasteiger partial charge in [-0.05, 0) is 31.4 Å². The molecule has 2 aliphatic heterocycles. The molecule has 10 heteroatoms. The molecule has 162 valence electrons. The number of nitrogens with one attached hydrogen (secondary N) is 1. The van der Waals surface area contributed by atoms with E-state index in [1.54, 1.807) is 6.07 Å². The normalized spacial score (nSPS) is 18.8. The maximum absolute atomic E-state index is 13.0. The lowest BCUT2D eigenvalue weighted by molar-refractivity contribution is -0.137. The van der Waals surface area contributed by atoms with Crippen LogP contribution in [0.3, 0.4) is 0 Å². The molecule has 0 amide bonds. The maximum atomic E-state index is 13.0. The predicted octanol–water partition coefficient (Wildman–Crippen LogP) is 3.75. The van der Waals surface area contributed by atoms with E-state index in [1.807, 2.05) is 0 Å². The molecule has 30 heavy (non-hydrogen) atoms. The molecule has 0 bridgehead atoms. The first-order valence-corrected chi connectivity index (χ1v) is 10.1. The summed E-state index contributed by atoms with van der Waals surface area (Å²) in [5, 5.41) is 2.94. The Morgan fingerprint density at radius 3 is 2.57 bits per heavy atom. The van der Waals surface area contributed by atoms with Gasteiger partial charge in [0.05, 0.1) is 17.9 Å². The van der Waals surface area contributed by atoms with Gasteiger partial charge in [-0.3, -0.25) is 0 Å². The first-order chi connectivity index (χ1) is 14.5. The summed E-state index contributed by atoms with van der Waals surface area (Å²) in [4.78, 5) is 15.4. The number of halogens is 3. The van der Waals surface area contributed by atoms with Gasteiger partial charge in [-0.2, -0.15) is 18.2 Å². The molecule has 4 heterocycles. The Morgan fingerprint density at radius 1 is 0.967 bits per heavy atom. The Bertz CT molecular complexity index is 851. The molecule has 2 aromatic rings. The Hall–Kier alpha value is -2.46. The summed E-state index contributed by atoms with van der Waals surface area (Å²) in [7, 11) is 0. The minimum Gasteiger partial charge on any atom is -0.381 e. The Balaban J connectivity index is 1.64. The average molecular weight is 423 g/mol.